The van der Waals surface area contributed by atoms with Crippen LogP contribution in [0, 0.1) is 19.7 Å². The van der Waals surface area contributed by atoms with Gasteiger partial charge in [0.05, 0.1) is 0 Å². The standard InChI is InChI=1S/C17H21FN2/c1-12-8-13(2)10-16(9-12)20(3)17-5-4-15(18)11-14(17)6-7-19/h4-5,8-11H,6-7,19H2,1-3H3. The maximum absolute atomic E-state index is 13.4. The topological polar surface area (TPSA) is 29.3 Å². The van der Waals surface area contributed by atoms with Crippen molar-refractivity contribution in [3.63, 3.8) is 0 Å². The van der Waals surface area contributed by atoms with Gasteiger partial charge in [-0.2, -0.15) is 0 Å². The Morgan fingerprint density at radius 3 is 2.30 bits per heavy atom. The Morgan fingerprint density at radius 1 is 1.05 bits per heavy atom. The summed E-state index contributed by atoms with van der Waals surface area (Å²) in [7, 11) is 2.00. The molecular weight excluding hydrogens is 251 g/mol. The summed E-state index contributed by atoms with van der Waals surface area (Å²) in [6, 6.07) is 11.3. The molecule has 2 aromatic carbocycles. The Bertz CT molecular complexity index is 588. The minimum absolute atomic E-state index is 0.217. The lowest BCUT2D eigenvalue weighted by Gasteiger charge is -2.23. The van der Waals surface area contributed by atoms with Crippen molar-refractivity contribution in [2.24, 2.45) is 5.73 Å². The molecule has 2 rings (SSSR count). The van der Waals surface area contributed by atoms with Crippen LogP contribution in [-0.2, 0) is 6.42 Å². The first-order valence-electron chi connectivity index (χ1n) is 6.82. The summed E-state index contributed by atoms with van der Waals surface area (Å²) >= 11 is 0. The van der Waals surface area contributed by atoms with Crippen LogP contribution in [0.2, 0.25) is 0 Å². The fourth-order valence-electron chi connectivity index (χ4n) is 2.52. The first-order valence-corrected chi connectivity index (χ1v) is 6.82. The number of hydrogen-bond acceptors (Lipinski definition) is 2. The Morgan fingerprint density at radius 2 is 1.70 bits per heavy atom. The SMILES string of the molecule is Cc1cc(C)cc(N(C)c2ccc(F)cc2CCN)c1. The number of benzene rings is 2. The molecule has 0 spiro atoms. The molecule has 106 valence electrons. The summed E-state index contributed by atoms with van der Waals surface area (Å²) in [4.78, 5) is 2.09. The minimum atomic E-state index is -0.217. The number of anilines is 2. The van der Waals surface area contributed by atoms with E-state index in [1.54, 1.807) is 6.07 Å². The van der Waals surface area contributed by atoms with Gasteiger partial charge in [-0.05, 0) is 73.8 Å². The third-order valence-electron chi connectivity index (χ3n) is 3.41. The fraction of sp³-hybridized carbons (Fsp3) is 0.294. The molecular formula is C17H21FN2. The number of halogens is 1. The molecule has 0 aliphatic rings. The summed E-state index contributed by atoms with van der Waals surface area (Å²) < 4.78 is 13.4. The molecule has 0 bridgehead atoms. The Kier molecular flexibility index (Phi) is 4.40. The van der Waals surface area contributed by atoms with Crippen LogP contribution in [0.25, 0.3) is 0 Å². The van der Waals surface area contributed by atoms with E-state index in [0.29, 0.717) is 13.0 Å². The molecule has 2 nitrogen and oxygen atoms in total. The molecule has 0 saturated carbocycles. The van der Waals surface area contributed by atoms with E-state index in [1.165, 1.54) is 17.2 Å². The number of hydrogen-bond donors (Lipinski definition) is 1. The molecule has 2 aromatic rings. The summed E-state index contributed by atoms with van der Waals surface area (Å²) in [6.07, 6.45) is 0.669. The molecule has 0 unspecified atom stereocenters. The smallest absolute Gasteiger partial charge is 0.123 e. The normalized spacial score (nSPS) is 10.7. The summed E-state index contributed by atoms with van der Waals surface area (Å²) in [5, 5.41) is 0. The van der Waals surface area contributed by atoms with Crippen molar-refractivity contribution in [2.75, 3.05) is 18.5 Å². The monoisotopic (exact) mass is 272 g/mol. The lowest BCUT2D eigenvalue weighted by atomic mass is 10.1. The summed E-state index contributed by atoms with van der Waals surface area (Å²) in [6.45, 7) is 4.67. The third-order valence-corrected chi connectivity index (χ3v) is 3.41. The number of nitrogens with zero attached hydrogens (tertiary/aromatic N) is 1. The summed E-state index contributed by atoms with van der Waals surface area (Å²) in [5.41, 5.74) is 11.1. The van der Waals surface area contributed by atoms with Gasteiger partial charge in [-0.15, -0.1) is 0 Å². The van der Waals surface area contributed by atoms with Gasteiger partial charge in [-0.1, -0.05) is 6.07 Å². The predicted molar refractivity (Wildman–Crippen MR) is 83.1 cm³/mol. The van der Waals surface area contributed by atoms with Crippen molar-refractivity contribution < 1.29 is 4.39 Å². The van der Waals surface area contributed by atoms with Crippen molar-refractivity contribution in [3.8, 4) is 0 Å². The molecule has 0 aliphatic heterocycles. The van der Waals surface area contributed by atoms with Crippen LogP contribution in [0.3, 0.4) is 0 Å². The molecule has 0 saturated heterocycles. The lowest BCUT2D eigenvalue weighted by Crippen LogP contribution is -2.14. The van der Waals surface area contributed by atoms with Crippen molar-refractivity contribution in [1.82, 2.24) is 0 Å². The molecule has 2 N–H and O–H groups in total. The largest absolute Gasteiger partial charge is 0.344 e. The van der Waals surface area contributed by atoms with E-state index in [-0.39, 0.29) is 5.82 Å². The molecule has 3 heteroatoms. The van der Waals surface area contributed by atoms with Crippen molar-refractivity contribution in [1.29, 1.82) is 0 Å². The van der Waals surface area contributed by atoms with Crippen LogP contribution in [0.5, 0.6) is 0 Å². The number of aryl methyl sites for hydroxylation is 2. The van der Waals surface area contributed by atoms with Gasteiger partial charge in [0, 0.05) is 18.4 Å². The van der Waals surface area contributed by atoms with Crippen LogP contribution in [0.4, 0.5) is 15.8 Å². The highest BCUT2D eigenvalue weighted by atomic mass is 19.1. The zero-order valence-electron chi connectivity index (χ0n) is 12.3. The molecule has 20 heavy (non-hydrogen) atoms. The van der Waals surface area contributed by atoms with Crippen molar-refractivity contribution in [3.05, 3.63) is 58.9 Å². The highest BCUT2D eigenvalue weighted by Gasteiger charge is 2.10. The summed E-state index contributed by atoms with van der Waals surface area (Å²) in [5.74, 6) is -0.217. The van der Waals surface area contributed by atoms with E-state index < -0.39 is 0 Å². The number of nitrogens with two attached hydrogens (primary N) is 1. The molecule has 0 radical (unpaired) electrons. The second kappa shape index (κ2) is 6.06. The molecule has 0 atom stereocenters. The zero-order chi connectivity index (χ0) is 14.7. The van der Waals surface area contributed by atoms with Gasteiger partial charge >= 0.3 is 0 Å². The van der Waals surface area contributed by atoms with Gasteiger partial charge in [0.15, 0.2) is 0 Å². The lowest BCUT2D eigenvalue weighted by molar-refractivity contribution is 0.625. The van der Waals surface area contributed by atoms with E-state index in [0.717, 1.165) is 16.9 Å². The highest BCUT2D eigenvalue weighted by molar-refractivity contribution is 5.67. The minimum Gasteiger partial charge on any atom is -0.344 e. The van der Waals surface area contributed by atoms with E-state index in [9.17, 15) is 4.39 Å². The van der Waals surface area contributed by atoms with Crippen LogP contribution >= 0.6 is 0 Å². The van der Waals surface area contributed by atoms with Gasteiger partial charge in [0.25, 0.3) is 0 Å². The second-order valence-corrected chi connectivity index (χ2v) is 5.22. The fourth-order valence-corrected chi connectivity index (χ4v) is 2.52. The van der Waals surface area contributed by atoms with Crippen LogP contribution in [0.1, 0.15) is 16.7 Å². The van der Waals surface area contributed by atoms with Gasteiger partial charge in [-0.3, -0.25) is 0 Å². The van der Waals surface area contributed by atoms with Gasteiger partial charge in [0.1, 0.15) is 5.82 Å². The third kappa shape index (κ3) is 3.17. The molecule has 0 heterocycles. The number of rotatable bonds is 4. The molecule has 0 aromatic heterocycles. The van der Waals surface area contributed by atoms with Crippen molar-refractivity contribution >= 4 is 11.4 Å². The molecule has 0 fully saturated rings. The molecule has 0 amide bonds. The quantitative estimate of drug-likeness (QED) is 0.919. The first-order chi connectivity index (χ1) is 9.51. The van der Waals surface area contributed by atoms with Crippen LogP contribution < -0.4 is 10.6 Å². The van der Waals surface area contributed by atoms with Crippen LogP contribution in [0.15, 0.2) is 36.4 Å². The van der Waals surface area contributed by atoms with E-state index >= 15 is 0 Å². The highest BCUT2D eigenvalue weighted by Crippen LogP contribution is 2.29. The zero-order valence-corrected chi connectivity index (χ0v) is 12.3. The van der Waals surface area contributed by atoms with Crippen LogP contribution in [-0.4, -0.2) is 13.6 Å². The first kappa shape index (κ1) is 14.5. The Hall–Kier alpha value is -1.87. The molecule has 0 aliphatic carbocycles. The van der Waals surface area contributed by atoms with Gasteiger partial charge in [0.2, 0.25) is 0 Å². The predicted octanol–water partition coefficient (Wildman–Crippen LogP) is 3.71. The Balaban J connectivity index is 2.44. The van der Waals surface area contributed by atoms with Gasteiger partial charge in [-0.25, -0.2) is 4.39 Å². The van der Waals surface area contributed by atoms with Gasteiger partial charge < -0.3 is 10.6 Å². The second-order valence-electron chi connectivity index (χ2n) is 5.22. The van der Waals surface area contributed by atoms with E-state index in [2.05, 4.69) is 36.9 Å². The van der Waals surface area contributed by atoms with E-state index in [4.69, 9.17) is 5.73 Å². The Labute approximate surface area is 120 Å². The van der Waals surface area contributed by atoms with Crippen molar-refractivity contribution in [2.45, 2.75) is 20.3 Å². The maximum Gasteiger partial charge on any atom is 0.123 e. The maximum atomic E-state index is 13.4. The average molecular weight is 272 g/mol. The van der Waals surface area contributed by atoms with E-state index in [1.807, 2.05) is 13.1 Å². The average Bonchev–Trinajstić information content (AvgIpc) is 2.37.